The van der Waals surface area contributed by atoms with Crippen molar-refractivity contribution < 1.29 is 14.0 Å². The van der Waals surface area contributed by atoms with E-state index in [1.54, 1.807) is 23.4 Å². The quantitative estimate of drug-likeness (QED) is 0.643. The van der Waals surface area contributed by atoms with Crippen molar-refractivity contribution in [1.29, 1.82) is 0 Å². The molecule has 28 heavy (non-hydrogen) atoms. The molecular formula is C20H19FN4O2S. The highest BCUT2D eigenvalue weighted by Gasteiger charge is 2.13. The number of carbonyl (C=O) groups is 2. The number of rotatable bonds is 6. The third-order valence-electron chi connectivity index (χ3n) is 4.16. The molecule has 0 radical (unpaired) electrons. The van der Waals surface area contributed by atoms with Crippen molar-refractivity contribution >= 4 is 28.8 Å². The summed E-state index contributed by atoms with van der Waals surface area (Å²) in [5, 5.41) is 5.14. The average Bonchev–Trinajstić information content (AvgIpc) is 3.22. The largest absolute Gasteiger partial charge is 0.347 e. The number of anilines is 1. The number of pyridine rings is 1. The summed E-state index contributed by atoms with van der Waals surface area (Å²) >= 11 is 1.37. The zero-order chi connectivity index (χ0) is 20.1. The molecule has 0 saturated carbocycles. The van der Waals surface area contributed by atoms with Crippen LogP contribution in [0.2, 0.25) is 0 Å². The minimum absolute atomic E-state index is 0.0392. The van der Waals surface area contributed by atoms with Gasteiger partial charge in [0.1, 0.15) is 10.7 Å². The molecule has 0 saturated heterocycles. The van der Waals surface area contributed by atoms with Crippen molar-refractivity contribution in [2.75, 3.05) is 11.9 Å². The van der Waals surface area contributed by atoms with Gasteiger partial charge in [-0.1, -0.05) is 13.0 Å². The fraction of sp³-hybridized carbons (Fsp3) is 0.200. The molecule has 0 aliphatic rings. The summed E-state index contributed by atoms with van der Waals surface area (Å²) in [7, 11) is 1.74. The SMILES string of the molecule is CCC(=O)N(C)c1ccc(-c2nc(C(=O)NCc3ccc(F)nc3)cs2)cc1. The highest BCUT2D eigenvalue weighted by Crippen LogP contribution is 2.26. The average molecular weight is 398 g/mol. The zero-order valence-corrected chi connectivity index (χ0v) is 16.3. The molecule has 0 spiro atoms. The summed E-state index contributed by atoms with van der Waals surface area (Å²) in [5.74, 6) is -0.829. The predicted octanol–water partition coefficient (Wildman–Crippen LogP) is 3.65. The minimum Gasteiger partial charge on any atom is -0.347 e. The Hall–Kier alpha value is -3.13. The van der Waals surface area contributed by atoms with E-state index in [0.29, 0.717) is 22.7 Å². The van der Waals surface area contributed by atoms with Gasteiger partial charge in [-0.2, -0.15) is 4.39 Å². The summed E-state index contributed by atoms with van der Waals surface area (Å²) in [6.07, 6.45) is 1.82. The first kappa shape index (κ1) is 19.6. The number of nitrogens with one attached hydrogen (secondary N) is 1. The maximum atomic E-state index is 12.8. The number of thiazole rings is 1. The lowest BCUT2D eigenvalue weighted by atomic mass is 10.2. The highest BCUT2D eigenvalue weighted by molar-refractivity contribution is 7.13. The number of benzene rings is 1. The molecule has 2 aromatic heterocycles. The molecular weight excluding hydrogens is 379 g/mol. The molecule has 3 aromatic rings. The van der Waals surface area contributed by atoms with E-state index in [-0.39, 0.29) is 18.4 Å². The van der Waals surface area contributed by atoms with Crippen molar-refractivity contribution in [2.45, 2.75) is 19.9 Å². The molecule has 0 aliphatic carbocycles. The molecule has 2 amide bonds. The molecule has 0 fully saturated rings. The van der Waals surface area contributed by atoms with Gasteiger partial charge >= 0.3 is 0 Å². The van der Waals surface area contributed by atoms with Crippen molar-refractivity contribution in [2.24, 2.45) is 0 Å². The first-order chi connectivity index (χ1) is 13.5. The standard InChI is InChI=1S/C20H19FN4O2S/c1-3-18(26)25(2)15-7-5-14(6-8-15)20-24-16(12-28-20)19(27)23-11-13-4-9-17(21)22-10-13/h4-10,12H,3,11H2,1-2H3,(H,23,27). The second-order valence-corrected chi connectivity index (χ2v) is 6.92. The van der Waals surface area contributed by atoms with Gasteiger partial charge < -0.3 is 10.2 Å². The Morgan fingerprint density at radius 1 is 1.18 bits per heavy atom. The van der Waals surface area contributed by atoms with E-state index in [1.165, 1.54) is 23.6 Å². The van der Waals surface area contributed by atoms with Gasteiger partial charge in [0.15, 0.2) is 0 Å². The molecule has 0 aliphatic heterocycles. The van der Waals surface area contributed by atoms with E-state index < -0.39 is 5.95 Å². The Morgan fingerprint density at radius 3 is 2.57 bits per heavy atom. The summed E-state index contributed by atoms with van der Waals surface area (Å²) in [6.45, 7) is 2.06. The molecule has 0 bridgehead atoms. The van der Waals surface area contributed by atoms with Crippen LogP contribution in [-0.4, -0.2) is 28.8 Å². The molecule has 144 valence electrons. The zero-order valence-electron chi connectivity index (χ0n) is 15.5. The Kier molecular flexibility index (Phi) is 6.10. The Balaban J connectivity index is 1.65. The predicted molar refractivity (Wildman–Crippen MR) is 107 cm³/mol. The van der Waals surface area contributed by atoms with E-state index in [2.05, 4.69) is 15.3 Å². The van der Waals surface area contributed by atoms with E-state index in [1.807, 2.05) is 31.2 Å². The number of nitrogens with zero attached hydrogens (tertiary/aromatic N) is 3. The van der Waals surface area contributed by atoms with Gasteiger partial charge in [0, 0.05) is 42.8 Å². The fourth-order valence-corrected chi connectivity index (χ4v) is 3.31. The molecule has 3 rings (SSSR count). The normalized spacial score (nSPS) is 10.5. The van der Waals surface area contributed by atoms with E-state index in [4.69, 9.17) is 0 Å². The minimum atomic E-state index is -0.560. The molecule has 2 heterocycles. The molecule has 0 unspecified atom stereocenters. The van der Waals surface area contributed by atoms with Gasteiger partial charge in [-0.15, -0.1) is 11.3 Å². The maximum Gasteiger partial charge on any atom is 0.271 e. The molecule has 0 atom stereocenters. The third kappa shape index (κ3) is 4.58. The number of aromatic nitrogens is 2. The topological polar surface area (TPSA) is 75.2 Å². The van der Waals surface area contributed by atoms with Crippen molar-refractivity contribution in [3.8, 4) is 10.6 Å². The number of hydrogen-bond acceptors (Lipinski definition) is 5. The summed E-state index contributed by atoms with van der Waals surface area (Å²) in [5.41, 5.74) is 2.69. The first-order valence-electron chi connectivity index (χ1n) is 8.69. The van der Waals surface area contributed by atoms with Crippen molar-refractivity contribution in [3.63, 3.8) is 0 Å². The van der Waals surface area contributed by atoms with E-state index in [0.717, 1.165) is 11.3 Å². The van der Waals surface area contributed by atoms with Gasteiger partial charge in [-0.25, -0.2) is 9.97 Å². The second kappa shape index (κ2) is 8.71. The summed E-state index contributed by atoms with van der Waals surface area (Å²) < 4.78 is 12.8. The van der Waals surface area contributed by atoms with E-state index >= 15 is 0 Å². The lowest BCUT2D eigenvalue weighted by Crippen LogP contribution is -2.24. The highest BCUT2D eigenvalue weighted by atomic mass is 32.1. The number of halogens is 1. The van der Waals surface area contributed by atoms with Crippen LogP contribution in [0.3, 0.4) is 0 Å². The van der Waals surface area contributed by atoms with Crippen molar-refractivity contribution in [1.82, 2.24) is 15.3 Å². The van der Waals surface area contributed by atoms with Crippen LogP contribution in [0.15, 0.2) is 48.0 Å². The molecule has 1 aromatic carbocycles. The molecule has 1 N–H and O–H groups in total. The van der Waals surface area contributed by atoms with Crippen LogP contribution < -0.4 is 10.2 Å². The summed E-state index contributed by atoms with van der Waals surface area (Å²) in [6, 6.07) is 10.3. The van der Waals surface area contributed by atoms with Gasteiger partial charge in [-0.05, 0) is 35.9 Å². The van der Waals surface area contributed by atoms with Gasteiger partial charge in [-0.3, -0.25) is 9.59 Å². The lowest BCUT2D eigenvalue weighted by molar-refractivity contribution is -0.118. The Morgan fingerprint density at radius 2 is 1.93 bits per heavy atom. The molecule has 6 nitrogen and oxygen atoms in total. The molecule has 8 heteroatoms. The van der Waals surface area contributed by atoms with Crippen LogP contribution in [0.25, 0.3) is 10.6 Å². The smallest absolute Gasteiger partial charge is 0.271 e. The van der Waals surface area contributed by atoms with Crippen LogP contribution in [0.4, 0.5) is 10.1 Å². The number of amides is 2. The van der Waals surface area contributed by atoms with Gasteiger partial charge in [0.25, 0.3) is 5.91 Å². The van der Waals surface area contributed by atoms with Gasteiger partial charge in [0.05, 0.1) is 0 Å². The number of carbonyl (C=O) groups excluding carboxylic acids is 2. The van der Waals surface area contributed by atoms with Crippen LogP contribution in [0.5, 0.6) is 0 Å². The van der Waals surface area contributed by atoms with Crippen LogP contribution in [-0.2, 0) is 11.3 Å². The van der Waals surface area contributed by atoms with Crippen molar-refractivity contribution in [3.05, 3.63) is 65.2 Å². The Bertz CT molecular complexity index is 971. The van der Waals surface area contributed by atoms with Crippen LogP contribution in [0.1, 0.15) is 29.4 Å². The van der Waals surface area contributed by atoms with Crippen LogP contribution in [0, 0.1) is 5.95 Å². The lowest BCUT2D eigenvalue weighted by Gasteiger charge is -2.16. The Labute approximate surface area is 166 Å². The third-order valence-corrected chi connectivity index (χ3v) is 5.05. The van der Waals surface area contributed by atoms with Crippen LogP contribution >= 0.6 is 11.3 Å². The van der Waals surface area contributed by atoms with E-state index in [9.17, 15) is 14.0 Å². The maximum absolute atomic E-state index is 12.8. The fourth-order valence-electron chi connectivity index (χ4n) is 2.50. The monoisotopic (exact) mass is 398 g/mol. The number of hydrogen-bond donors (Lipinski definition) is 1. The first-order valence-corrected chi connectivity index (χ1v) is 9.57. The summed E-state index contributed by atoms with van der Waals surface area (Å²) in [4.78, 5) is 33.6. The second-order valence-electron chi connectivity index (χ2n) is 6.06. The van der Waals surface area contributed by atoms with Gasteiger partial charge in [0.2, 0.25) is 11.9 Å².